The van der Waals surface area contributed by atoms with Gasteiger partial charge in [0, 0.05) is 11.9 Å². The van der Waals surface area contributed by atoms with Crippen molar-refractivity contribution >= 4 is 11.6 Å². The van der Waals surface area contributed by atoms with E-state index in [2.05, 4.69) is 15.6 Å². The van der Waals surface area contributed by atoms with Crippen LogP contribution in [0.15, 0.2) is 17.4 Å². The molecule has 1 unspecified atom stereocenters. The highest BCUT2D eigenvalue weighted by Crippen LogP contribution is 2.27. The predicted molar refractivity (Wildman–Crippen MR) is 70.4 cm³/mol. The van der Waals surface area contributed by atoms with Crippen LogP contribution in [-0.4, -0.2) is 21.4 Å². The molecule has 0 radical (unpaired) electrons. The summed E-state index contributed by atoms with van der Waals surface area (Å²) in [4.78, 5) is 11.7. The zero-order valence-corrected chi connectivity index (χ0v) is 11.7. The van der Waals surface area contributed by atoms with Gasteiger partial charge in [-0.3, -0.25) is 9.48 Å². The Bertz CT molecular complexity index is 536. The van der Waals surface area contributed by atoms with Gasteiger partial charge >= 0.3 is 6.18 Å². The number of nitrogens with one attached hydrogen (secondary N) is 1. The molecule has 0 aromatic carbocycles. The van der Waals surface area contributed by atoms with E-state index in [0.717, 1.165) is 48.3 Å². The molecule has 0 bridgehead atoms. The highest BCUT2D eigenvalue weighted by molar-refractivity contribution is 5.88. The van der Waals surface area contributed by atoms with E-state index in [1.54, 1.807) is 0 Å². The zero-order chi connectivity index (χ0) is 15.5. The lowest BCUT2D eigenvalue weighted by atomic mass is 9.89. The maximum atomic E-state index is 12.4. The van der Waals surface area contributed by atoms with E-state index in [4.69, 9.17) is 0 Å². The lowest BCUT2D eigenvalue weighted by Gasteiger charge is -2.19. The van der Waals surface area contributed by atoms with Crippen molar-refractivity contribution < 1.29 is 18.0 Å². The Balaban J connectivity index is 1.90. The minimum absolute atomic E-state index is 0.290. The standard InChI is InChI=1S/C13H17F3N4O/c1-9-4-2-3-5-10(9)17-18-12(21)8-20-7-6-11(19-20)13(14,15)16/h6-7,9H,2-5,8H2,1H3,(H,18,21)/b17-10-. The molecule has 1 aliphatic rings. The van der Waals surface area contributed by atoms with Gasteiger partial charge < -0.3 is 0 Å². The highest BCUT2D eigenvalue weighted by atomic mass is 19.4. The number of hydrogen-bond acceptors (Lipinski definition) is 3. The second kappa shape index (κ2) is 6.28. The number of rotatable bonds is 3. The zero-order valence-electron chi connectivity index (χ0n) is 11.7. The van der Waals surface area contributed by atoms with E-state index in [9.17, 15) is 18.0 Å². The number of amides is 1. The number of hydrazone groups is 1. The second-order valence-corrected chi connectivity index (χ2v) is 5.18. The molecule has 0 spiro atoms. The number of nitrogens with zero attached hydrogens (tertiary/aromatic N) is 3. The molecule has 2 rings (SSSR count). The molecule has 116 valence electrons. The molecule has 0 aliphatic heterocycles. The van der Waals surface area contributed by atoms with Crippen molar-refractivity contribution in [3.63, 3.8) is 0 Å². The van der Waals surface area contributed by atoms with Gasteiger partial charge in [-0.25, -0.2) is 5.43 Å². The molecule has 1 aliphatic carbocycles. The molecule has 1 aromatic rings. The van der Waals surface area contributed by atoms with Crippen molar-refractivity contribution in [2.45, 2.75) is 45.3 Å². The smallest absolute Gasteiger partial charge is 0.271 e. The van der Waals surface area contributed by atoms with Gasteiger partial charge in [-0.15, -0.1) is 0 Å². The van der Waals surface area contributed by atoms with Crippen LogP contribution in [0.1, 0.15) is 38.3 Å². The molecule has 1 saturated carbocycles. The molecule has 21 heavy (non-hydrogen) atoms. The Hall–Kier alpha value is -1.86. The van der Waals surface area contributed by atoms with Gasteiger partial charge in [0.15, 0.2) is 5.69 Å². The summed E-state index contributed by atoms with van der Waals surface area (Å²) in [7, 11) is 0. The minimum atomic E-state index is -4.50. The quantitative estimate of drug-likeness (QED) is 0.872. The van der Waals surface area contributed by atoms with Crippen molar-refractivity contribution in [3.8, 4) is 0 Å². The van der Waals surface area contributed by atoms with E-state index >= 15 is 0 Å². The number of carbonyl (C=O) groups excluding carboxylic acids is 1. The minimum Gasteiger partial charge on any atom is -0.271 e. The number of hydrogen-bond donors (Lipinski definition) is 1. The van der Waals surface area contributed by atoms with Gasteiger partial charge in [-0.05, 0) is 31.2 Å². The topological polar surface area (TPSA) is 59.3 Å². The van der Waals surface area contributed by atoms with Gasteiger partial charge in [-0.2, -0.15) is 23.4 Å². The molecular formula is C13H17F3N4O. The van der Waals surface area contributed by atoms with Gasteiger partial charge in [0.05, 0.1) is 0 Å². The highest BCUT2D eigenvalue weighted by Gasteiger charge is 2.33. The van der Waals surface area contributed by atoms with E-state index in [1.165, 1.54) is 0 Å². The van der Waals surface area contributed by atoms with Crippen LogP contribution in [0.25, 0.3) is 0 Å². The predicted octanol–water partition coefficient (Wildman–Crippen LogP) is 2.58. The van der Waals surface area contributed by atoms with Gasteiger partial charge in [0.25, 0.3) is 5.91 Å². The van der Waals surface area contributed by atoms with Crippen LogP contribution in [0.4, 0.5) is 13.2 Å². The van der Waals surface area contributed by atoms with Gasteiger partial charge in [-0.1, -0.05) is 13.3 Å². The lowest BCUT2D eigenvalue weighted by molar-refractivity contribution is -0.141. The number of alkyl halides is 3. The van der Waals surface area contributed by atoms with Crippen LogP contribution in [-0.2, 0) is 17.5 Å². The van der Waals surface area contributed by atoms with Crippen molar-refractivity contribution in [2.75, 3.05) is 0 Å². The summed E-state index contributed by atoms with van der Waals surface area (Å²) in [6.07, 6.45) is 0.720. The summed E-state index contributed by atoms with van der Waals surface area (Å²) in [5.41, 5.74) is 2.31. The molecule has 0 saturated heterocycles. The molecule has 1 amide bonds. The van der Waals surface area contributed by atoms with E-state index in [-0.39, 0.29) is 6.54 Å². The van der Waals surface area contributed by atoms with E-state index < -0.39 is 17.8 Å². The van der Waals surface area contributed by atoms with Crippen molar-refractivity contribution in [2.24, 2.45) is 11.0 Å². The lowest BCUT2D eigenvalue weighted by Crippen LogP contribution is -2.27. The molecule has 1 fully saturated rings. The van der Waals surface area contributed by atoms with Crippen LogP contribution in [0.2, 0.25) is 0 Å². The molecule has 8 heteroatoms. The number of halogens is 3. The van der Waals surface area contributed by atoms with Crippen molar-refractivity contribution in [3.05, 3.63) is 18.0 Å². The normalized spacial score (nSPS) is 21.5. The molecule has 1 heterocycles. The number of carbonyl (C=O) groups is 1. The Morgan fingerprint density at radius 1 is 1.52 bits per heavy atom. The molecule has 5 nitrogen and oxygen atoms in total. The first kappa shape index (κ1) is 15.5. The third-order valence-electron chi connectivity index (χ3n) is 3.45. The summed E-state index contributed by atoms with van der Waals surface area (Å²) >= 11 is 0. The average Bonchev–Trinajstić information content (AvgIpc) is 2.86. The van der Waals surface area contributed by atoms with Gasteiger partial charge in [0.2, 0.25) is 0 Å². The molecular weight excluding hydrogens is 285 g/mol. The van der Waals surface area contributed by atoms with Crippen LogP contribution in [0.3, 0.4) is 0 Å². The van der Waals surface area contributed by atoms with Crippen LogP contribution in [0.5, 0.6) is 0 Å². The van der Waals surface area contributed by atoms with E-state index in [0.29, 0.717) is 5.92 Å². The maximum Gasteiger partial charge on any atom is 0.435 e. The Morgan fingerprint density at radius 2 is 2.29 bits per heavy atom. The first-order valence-corrected chi connectivity index (χ1v) is 6.82. The summed E-state index contributed by atoms with van der Waals surface area (Å²) < 4.78 is 38.1. The van der Waals surface area contributed by atoms with Crippen molar-refractivity contribution in [1.29, 1.82) is 0 Å². The summed E-state index contributed by atoms with van der Waals surface area (Å²) in [5.74, 6) is -0.155. The third-order valence-corrected chi connectivity index (χ3v) is 3.45. The van der Waals surface area contributed by atoms with Crippen LogP contribution < -0.4 is 5.43 Å². The Labute approximate surface area is 120 Å². The Kier molecular flexibility index (Phi) is 4.64. The largest absolute Gasteiger partial charge is 0.435 e. The first-order valence-electron chi connectivity index (χ1n) is 6.82. The fourth-order valence-electron chi connectivity index (χ4n) is 2.25. The fourth-order valence-corrected chi connectivity index (χ4v) is 2.25. The first-order chi connectivity index (χ1) is 9.86. The van der Waals surface area contributed by atoms with Gasteiger partial charge in [0.1, 0.15) is 6.54 Å². The number of aromatic nitrogens is 2. The van der Waals surface area contributed by atoms with Crippen LogP contribution in [0, 0.1) is 5.92 Å². The summed E-state index contributed by atoms with van der Waals surface area (Å²) in [6, 6.07) is 0.836. The third kappa shape index (κ3) is 4.30. The fraction of sp³-hybridized carbons (Fsp3) is 0.615. The molecule has 1 aromatic heterocycles. The van der Waals surface area contributed by atoms with E-state index in [1.807, 2.05) is 6.92 Å². The van der Waals surface area contributed by atoms with Crippen molar-refractivity contribution in [1.82, 2.24) is 15.2 Å². The Morgan fingerprint density at radius 3 is 2.90 bits per heavy atom. The SMILES string of the molecule is CC1CCCC/C1=N/NC(=O)Cn1ccc(C(F)(F)F)n1. The summed E-state index contributed by atoms with van der Waals surface area (Å²) in [5, 5.41) is 7.38. The maximum absolute atomic E-state index is 12.4. The molecule has 1 N–H and O–H groups in total. The second-order valence-electron chi connectivity index (χ2n) is 5.18. The average molecular weight is 302 g/mol. The van der Waals surface area contributed by atoms with Crippen LogP contribution >= 0.6 is 0 Å². The molecule has 1 atom stereocenters. The summed E-state index contributed by atoms with van der Waals surface area (Å²) in [6.45, 7) is 1.76. The monoisotopic (exact) mass is 302 g/mol.